The van der Waals surface area contributed by atoms with E-state index in [2.05, 4.69) is 15.9 Å². The Morgan fingerprint density at radius 3 is 3.00 bits per heavy atom. The predicted octanol–water partition coefficient (Wildman–Crippen LogP) is 2.85. The molecule has 15 heavy (non-hydrogen) atoms. The number of ether oxygens (including phenoxy) is 1. The average Bonchev–Trinajstić information content (AvgIpc) is 2.30. The fourth-order valence-electron chi connectivity index (χ4n) is 1.48. The van der Waals surface area contributed by atoms with Crippen LogP contribution >= 0.6 is 27.5 Å². The summed E-state index contributed by atoms with van der Waals surface area (Å²) in [5.74, 6) is 0.704. The highest BCUT2D eigenvalue weighted by Crippen LogP contribution is 2.39. The third-order valence-electron chi connectivity index (χ3n) is 2.29. The smallest absolute Gasteiger partial charge is 0.230 e. The summed E-state index contributed by atoms with van der Waals surface area (Å²) in [4.78, 5) is 13.2. The van der Waals surface area contributed by atoms with Crippen molar-refractivity contribution in [1.29, 1.82) is 0 Å². The van der Waals surface area contributed by atoms with Crippen molar-refractivity contribution in [2.75, 3.05) is 18.6 Å². The van der Waals surface area contributed by atoms with E-state index >= 15 is 0 Å². The van der Waals surface area contributed by atoms with Gasteiger partial charge in [-0.25, -0.2) is 0 Å². The highest BCUT2D eigenvalue weighted by atomic mass is 79.9. The topological polar surface area (TPSA) is 29.5 Å². The Morgan fingerprint density at radius 2 is 2.27 bits per heavy atom. The minimum atomic E-state index is 0.0305. The second-order valence-electron chi connectivity index (χ2n) is 3.29. The summed E-state index contributed by atoms with van der Waals surface area (Å²) in [6, 6.07) is 3.48. The molecule has 0 fully saturated rings. The lowest BCUT2D eigenvalue weighted by atomic mass is 10.2. The summed E-state index contributed by atoms with van der Waals surface area (Å²) in [5.41, 5.74) is 0.705. The maximum absolute atomic E-state index is 11.6. The second-order valence-corrected chi connectivity index (χ2v) is 4.58. The molecule has 1 aromatic rings. The Bertz CT molecular complexity index is 422. The van der Waals surface area contributed by atoms with Crippen molar-refractivity contribution >= 4 is 39.1 Å². The van der Waals surface area contributed by atoms with Crippen molar-refractivity contribution in [1.82, 2.24) is 0 Å². The van der Waals surface area contributed by atoms with Gasteiger partial charge in [0.2, 0.25) is 5.91 Å². The summed E-state index contributed by atoms with van der Waals surface area (Å²) >= 11 is 9.29. The van der Waals surface area contributed by atoms with Crippen LogP contribution in [0.3, 0.4) is 0 Å². The number of amides is 1. The lowest BCUT2D eigenvalue weighted by Gasteiger charge is -2.17. The Hall–Kier alpha value is -0.740. The van der Waals surface area contributed by atoms with Gasteiger partial charge in [0.1, 0.15) is 0 Å². The number of hydrogen-bond acceptors (Lipinski definition) is 2. The zero-order valence-corrected chi connectivity index (χ0v) is 10.4. The summed E-state index contributed by atoms with van der Waals surface area (Å²) in [7, 11) is 1.72. The van der Waals surface area contributed by atoms with E-state index in [9.17, 15) is 4.79 Å². The van der Waals surface area contributed by atoms with E-state index in [0.29, 0.717) is 29.5 Å². The number of fused-ring (bicyclic) bond motifs is 1. The molecule has 0 saturated heterocycles. The van der Waals surface area contributed by atoms with E-state index in [1.807, 2.05) is 0 Å². The second kappa shape index (κ2) is 4.02. The minimum absolute atomic E-state index is 0.0305. The summed E-state index contributed by atoms with van der Waals surface area (Å²) in [6.45, 7) is 0.399. The highest BCUT2D eigenvalue weighted by molar-refractivity contribution is 9.10. The molecule has 3 nitrogen and oxygen atoms in total. The van der Waals surface area contributed by atoms with Crippen molar-refractivity contribution in [3.8, 4) is 5.75 Å². The third-order valence-corrected chi connectivity index (χ3v) is 3.09. The van der Waals surface area contributed by atoms with E-state index in [0.717, 1.165) is 4.47 Å². The molecule has 0 aromatic heterocycles. The number of rotatable bonds is 0. The quantitative estimate of drug-likeness (QED) is 0.735. The molecule has 1 amide bonds. The molecule has 1 aliphatic rings. The molecule has 1 aromatic carbocycles. The Balaban J connectivity index is 2.58. The minimum Gasteiger partial charge on any atom is -0.490 e. The lowest BCUT2D eigenvalue weighted by molar-refractivity contribution is -0.118. The van der Waals surface area contributed by atoms with Crippen molar-refractivity contribution < 1.29 is 9.53 Å². The molecule has 0 saturated carbocycles. The van der Waals surface area contributed by atoms with Crippen LogP contribution in [0, 0.1) is 0 Å². The Kier molecular flexibility index (Phi) is 2.89. The van der Waals surface area contributed by atoms with Crippen LogP contribution in [-0.2, 0) is 4.79 Å². The van der Waals surface area contributed by atoms with E-state index in [-0.39, 0.29) is 5.91 Å². The predicted molar refractivity (Wildman–Crippen MR) is 62.7 cm³/mol. The van der Waals surface area contributed by atoms with Gasteiger partial charge < -0.3 is 9.64 Å². The molecule has 2 rings (SSSR count). The molecule has 5 heteroatoms. The molecule has 0 atom stereocenters. The van der Waals surface area contributed by atoms with Crippen LogP contribution in [0.25, 0.3) is 0 Å². The van der Waals surface area contributed by atoms with Gasteiger partial charge in [0.25, 0.3) is 0 Å². The number of nitrogens with zero attached hydrogens (tertiary/aromatic N) is 1. The molecule has 1 aliphatic heterocycles. The SMILES string of the molecule is CN1C(=O)CCOc2c(Br)cc(Cl)cc21. The van der Waals surface area contributed by atoms with Crippen LogP contribution in [0.5, 0.6) is 5.75 Å². The zero-order chi connectivity index (χ0) is 11.0. The number of anilines is 1. The van der Waals surface area contributed by atoms with Crippen molar-refractivity contribution in [3.05, 3.63) is 21.6 Å². The normalized spacial score (nSPS) is 15.7. The fraction of sp³-hybridized carbons (Fsp3) is 0.300. The maximum atomic E-state index is 11.6. The first-order valence-corrected chi connectivity index (χ1v) is 5.65. The lowest BCUT2D eigenvalue weighted by Crippen LogP contribution is -2.25. The van der Waals surface area contributed by atoms with E-state index in [1.165, 1.54) is 0 Å². The van der Waals surface area contributed by atoms with Crippen LogP contribution in [0.2, 0.25) is 5.02 Å². The van der Waals surface area contributed by atoms with Gasteiger partial charge in [-0.05, 0) is 28.1 Å². The highest BCUT2D eigenvalue weighted by Gasteiger charge is 2.22. The Morgan fingerprint density at radius 1 is 1.53 bits per heavy atom. The van der Waals surface area contributed by atoms with E-state index < -0.39 is 0 Å². The van der Waals surface area contributed by atoms with Crippen LogP contribution in [0.4, 0.5) is 5.69 Å². The molecule has 0 N–H and O–H groups in total. The fourth-order valence-corrected chi connectivity index (χ4v) is 2.39. The van der Waals surface area contributed by atoms with Gasteiger partial charge in [0.15, 0.2) is 5.75 Å². The van der Waals surface area contributed by atoms with Crippen molar-refractivity contribution in [2.45, 2.75) is 6.42 Å². The van der Waals surface area contributed by atoms with Gasteiger partial charge >= 0.3 is 0 Å². The van der Waals surface area contributed by atoms with Gasteiger partial charge in [-0.15, -0.1) is 0 Å². The molecule has 80 valence electrons. The van der Waals surface area contributed by atoms with Crippen molar-refractivity contribution in [2.24, 2.45) is 0 Å². The Labute approximate surface area is 101 Å². The number of carbonyl (C=O) groups excluding carboxylic acids is 1. The van der Waals surface area contributed by atoms with E-state index in [4.69, 9.17) is 16.3 Å². The molecule has 1 heterocycles. The summed E-state index contributed by atoms with van der Waals surface area (Å²) < 4.78 is 6.28. The molecule has 0 spiro atoms. The molecule has 0 radical (unpaired) electrons. The first kappa shape index (κ1) is 10.8. The first-order chi connectivity index (χ1) is 7.09. The van der Waals surface area contributed by atoms with Gasteiger partial charge in [-0.3, -0.25) is 4.79 Å². The standard InChI is InChI=1S/C10H9BrClNO2/c1-13-8-5-6(12)4-7(11)10(8)15-3-2-9(13)14/h4-5H,2-3H2,1H3. The van der Waals surface area contributed by atoms with E-state index in [1.54, 1.807) is 24.1 Å². The number of benzene rings is 1. The monoisotopic (exact) mass is 289 g/mol. The summed E-state index contributed by atoms with van der Waals surface area (Å²) in [6.07, 6.45) is 0.384. The summed E-state index contributed by atoms with van der Waals surface area (Å²) in [5, 5.41) is 0.575. The van der Waals surface area contributed by atoms with Gasteiger partial charge in [0.05, 0.1) is 23.2 Å². The first-order valence-electron chi connectivity index (χ1n) is 4.48. The van der Waals surface area contributed by atoms with Crippen LogP contribution in [0.15, 0.2) is 16.6 Å². The molecule has 0 aliphatic carbocycles. The van der Waals surface area contributed by atoms with Gasteiger partial charge in [-0.1, -0.05) is 11.6 Å². The molecular formula is C10H9BrClNO2. The largest absolute Gasteiger partial charge is 0.490 e. The number of carbonyl (C=O) groups is 1. The van der Waals surface area contributed by atoms with Gasteiger partial charge in [0, 0.05) is 12.1 Å². The number of halogens is 2. The van der Waals surface area contributed by atoms with Crippen LogP contribution in [-0.4, -0.2) is 19.6 Å². The zero-order valence-electron chi connectivity index (χ0n) is 8.09. The molecule has 0 bridgehead atoms. The molecular weight excluding hydrogens is 281 g/mol. The average molecular weight is 291 g/mol. The third kappa shape index (κ3) is 1.96. The maximum Gasteiger partial charge on any atom is 0.230 e. The van der Waals surface area contributed by atoms with Crippen molar-refractivity contribution in [3.63, 3.8) is 0 Å². The van der Waals surface area contributed by atoms with Crippen LogP contribution in [0.1, 0.15) is 6.42 Å². The molecule has 0 unspecified atom stereocenters. The van der Waals surface area contributed by atoms with Gasteiger partial charge in [-0.2, -0.15) is 0 Å². The van der Waals surface area contributed by atoms with Crippen LogP contribution < -0.4 is 9.64 Å². The number of hydrogen-bond donors (Lipinski definition) is 0.